The molecule has 0 amide bonds. The van der Waals surface area contributed by atoms with Crippen LogP contribution in [0.2, 0.25) is 5.02 Å². The highest BCUT2D eigenvalue weighted by Crippen LogP contribution is 2.30. The second-order valence-electron chi connectivity index (χ2n) is 15.1. The van der Waals surface area contributed by atoms with Crippen molar-refractivity contribution in [2.45, 2.75) is 106 Å². The highest BCUT2D eigenvalue weighted by molar-refractivity contribution is 9.10. The molecule has 5 rings (SSSR count). The smallest absolute Gasteiger partial charge is 0.197 e. The van der Waals surface area contributed by atoms with E-state index in [2.05, 4.69) is 31.9 Å². The third-order valence-corrected chi connectivity index (χ3v) is 10.4. The van der Waals surface area contributed by atoms with Gasteiger partial charge in [-0.2, -0.15) is 0 Å². The van der Waals surface area contributed by atoms with Gasteiger partial charge in [0, 0.05) is 10.0 Å². The predicted molar refractivity (Wildman–Crippen MR) is 227 cm³/mol. The van der Waals surface area contributed by atoms with Crippen molar-refractivity contribution in [2.24, 2.45) is 0 Å². The molecule has 0 atom stereocenters. The van der Waals surface area contributed by atoms with Crippen LogP contribution < -0.4 is 0 Å². The first kappa shape index (κ1) is 55.5. The molecule has 0 aliphatic heterocycles. The second-order valence-corrected chi connectivity index (χ2v) is 17.1. The average Bonchev–Trinajstić information content (AvgIpc) is 3.17. The quantitative estimate of drug-likeness (QED) is 0.0935. The molecule has 0 aliphatic carbocycles. The van der Waals surface area contributed by atoms with Gasteiger partial charge < -0.3 is 0 Å². The minimum absolute atomic E-state index is 0.00500. The topological polar surface area (TPSA) is 0 Å². The summed E-state index contributed by atoms with van der Waals surface area (Å²) in [5.74, 6) is -12.0. The molecule has 0 saturated heterocycles. The van der Waals surface area contributed by atoms with Crippen molar-refractivity contribution in [3.63, 3.8) is 0 Å². The Bertz CT molecular complexity index is 2150. The van der Waals surface area contributed by atoms with Crippen LogP contribution in [0.25, 0.3) is 0 Å². The third-order valence-electron chi connectivity index (χ3n) is 8.75. The van der Waals surface area contributed by atoms with Crippen LogP contribution in [-0.4, -0.2) is 0 Å². The lowest BCUT2D eigenvalue weighted by atomic mass is 10.00. The van der Waals surface area contributed by atoms with E-state index in [-0.39, 0.29) is 50.1 Å². The molecule has 0 saturated carbocycles. The highest BCUT2D eigenvalue weighted by atomic mass is 79.9. The Morgan fingerprint density at radius 2 is 0.803 bits per heavy atom. The molecule has 0 aromatic heterocycles. The van der Waals surface area contributed by atoms with Crippen LogP contribution in [0.15, 0.2) is 63.5 Å². The zero-order valence-corrected chi connectivity index (χ0v) is 39.2. The van der Waals surface area contributed by atoms with Crippen LogP contribution in [0, 0.1) is 76.7 Å². The normalized spacial score (nSPS) is 10.9. The summed E-state index contributed by atoms with van der Waals surface area (Å²) in [5, 5.41) is 0.182. The van der Waals surface area contributed by atoms with Crippen molar-refractivity contribution >= 4 is 43.5 Å². The molecule has 0 spiro atoms. The molecule has 0 N–H and O–H groups in total. The molecule has 0 nitrogen and oxygen atoms in total. The van der Waals surface area contributed by atoms with Gasteiger partial charge in [-0.3, -0.25) is 0 Å². The van der Waals surface area contributed by atoms with Crippen molar-refractivity contribution in [1.82, 2.24) is 0 Å². The second kappa shape index (κ2) is 25.0. The minimum Gasteiger partial charge on any atom is -0.207 e. The predicted octanol–water partition coefficient (Wildman–Crippen LogP) is 18.2. The Morgan fingerprint density at radius 3 is 1.25 bits per heavy atom. The standard InChI is InChI=1S/C10H12F2.C9H9BrClF.C9H9BrF2.C9H8F4.C9H9F3/c1-6(2)8-4-5-9(11)7(3)10(8)12;1-5(2)6-3-8(11)9(12)4-7(6)10;1-5(2)6-3-4-7(11)8(10)9(6)12;1-4(2)5-3-6(10)8(12)9(13)7(5)11;1-5(2)6-3-7(10)9(12)8(11)4-6/h4-6H,1-3H3;2*3-5H,1-2H3;3-4H,1-2H3;3-5H,1-2H3. The third kappa shape index (κ3) is 16.0. The lowest BCUT2D eigenvalue weighted by Gasteiger charge is -2.08. The molecule has 0 bridgehead atoms. The molecule has 336 valence electrons. The average molecular weight is 1020 g/mol. The van der Waals surface area contributed by atoms with Crippen molar-refractivity contribution in [3.05, 3.63) is 172 Å². The van der Waals surface area contributed by atoms with Crippen molar-refractivity contribution in [1.29, 1.82) is 0 Å². The fourth-order valence-electron chi connectivity index (χ4n) is 5.02. The van der Waals surface area contributed by atoms with Crippen LogP contribution in [0.1, 0.15) is 132 Å². The molecular weight excluding hydrogens is 976 g/mol. The number of hydrogen-bond acceptors (Lipinski definition) is 0. The summed E-state index contributed by atoms with van der Waals surface area (Å²) in [6, 6.07) is 11.3. The first-order valence-corrected chi connectivity index (χ1v) is 20.7. The highest BCUT2D eigenvalue weighted by Gasteiger charge is 2.20. The molecule has 5 aromatic carbocycles. The van der Waals surface area contributed by atoms with Crippen molar-refractivity contribution in [2.75, 3.05) is 0 Å². The van der Waals surface area contributed by atoms with Crippen LogP contribution in [-0.2, 0) is 0 Å². The summed E-state index contributed by atoms with van der Waals surface area (Å²) in [4.78, 5) is 0. The van der Waals surface area contributed by atoms with E-state index in [1.165, 1.54) is 37.3 Å². The van der Waals surface area contributed by atoms with Crippen molar-refractivity contribution in [3.8, 4) is 0 Å². The molecule has 61 heavy (non-hydrogen) atoms. The zero-order chi connectivity index (χ0) is 47.4. The van der Waals surface area contributed by atoms with Crippen LogP contribution in [0.4, 0.5) is 52.7 Å². The molecule has 15 heteroatoms. The Balaban J connectivity index is 0.000000381. The molecule has 0 unspecified atom stereocenters. The van der Waals surface area contributed by atoms with Crippen LogP contribution in [0.5, 0.6) is 0 Å². The Morgan fingerprint density at radius 1 is 0.377 bits per heavy atom. The minimum atomic E-state index is -1.76. The van der Waals surface area contributed by atoms with Crippen LogP contribution >= 0.6 is 43.5 Å². The molecule has 0 aliphatic rings. The number of hydrogen-bond donors (Lipinski definition) is 0. The van der Waals surface area contributed by atoms with Gasteiger partial charge in [0.05, 0.1) is 9.50 Å². The summed E-state index contributed by atoms with van der Waals surface area (Å²) < 4.78 is 154. The van der Waals surface area contributed by atoms with Crippen molar-refractivity contribution < 1.29 is 52.7 Å². The largest absolute Gasteiger partial charge is 0.207 e. The van der Waals surface area contributed by atoms with Gasteiger partial charge in [-0.25, -0.2) is 52.7 Å². The molecule has 0 fully saturated rings. The summed E-state index contributed by atoms with van der Waals surface area (Å²) >= 11 is 11.8. The summed E-state index contributed by atoms with van der Waals surface area (Å²) in [5.41, 5.74) is 2.56. The maximum Gasteiger partial charge on any atom is 0.197 e. The molecule has 0 heterocycles. The summed E-state index contributed by atoms with van der Waals surface area (Å²) in [6.07, 6.45) is 0. The summed E-state index contributed by atoms with van der Waals surface area (Å²) in [6.45, 7) is 19.7. The zero-order valence-electron chi connectivity index (χ0n) is 35.3. The van der Waals surface area contributed by atoms with Gasteiger partial charge in [-0.15, -0.1) is 0 Å². The van der Waals surface area contributed by atoms with Gasteiger partial charge >= 0.3 is 0 Å². The Labute approximate surface area is 372 Å². The van der Waals surface area contributed by atoms with E-state index in [1.54, 1.807) is 33.8 Å². The fraction of sp³-hybridized carbons (Fsp3) is 0.348. The van der Waals surface area contributed by atoms with Gasteiger partial charge in [0.25, 0.3) is 0 Å². The first-order valence-electron chi connectivity index (χ1n) is 18.8. The fourth-order valence-corrected chi connectivity index (χ4v) is 6.32. The number of rotatable bonds is 5. The van der Waals surface area contributed by atoms with Gasteiger partial charge in [0.2, 0.25) is 0 Å². The number of benzene rings is 5. The van der Waals surface area contributed by atoms with E-state index < -0.39 is 64.0 Å². The van der Waals surface area contributed by atoms with E-state index >= 15 is 0 Å². The van der Waals surface area contributed by atoms with Gasteiger partial charge in [-0.05, 0) is 123 Å². The molecular formula is C46H47Br2ClF12. The van der Waals surface area contributed by atoms with E-state index in [1.807, 2.05) is 41.5 Å². The lowest BCUT2D eigenvalue weighted by molar-refractivity contribution is 0.401. The summed E-state index contributed by atoms with van der Waals surface area (Å²) in [7, 11) is 0. The first-order chi connectivity index (χ1) is 28.1. The van der Waals surface area contributed by atoms with E-state index in [0.29, 0.717) is 28.7 Å². The van der Waals surface area contributed by atoms with E-state index in [9.17, 15) is 52.7 Å². The molecule has 0 radical (unpaired) electrons. The van der Waals surface area contributed by atoms with E-state index in [4.69, 9.17) is 11.6 Å². The van der Waals surface area contributed by atoms with Gasteiger partial charge in [-0.1, -0.05) is 109 Å². The van der Waals surface area contributed by atoms with Gasteiger partial charge in [0.15, 0.2) is 40.7 Å². The number of halogens is 15. The van der Waals surface area contributed by atoms with Crippen LogP contribution in [0.3, 0.4) is 0 Å². The maximum atomic E-state index is 13.3. The SMILES string of the molecule is CC(C)c1cc(Cl)c(F)cc1Br.CC(C)c1cc(F)c(F)c(F)c1.CC(C)c1cc(F)c(F)c(F)c1F.CC(C)c1ccc(F)c(Br)c1F.Cc1c(F)ccc(C(C)C)c1F. The lowest BCUT2D eigenvalue weighted by Crippen LogP contribution is -2.02. The van der Waals surface area contributed by atoms with E-state index in [0.717, 1.165) is 22.2 Å². The maximum absolute atomic E-state index is 13.3. The molecule has 5 aromatic rings. The Hall–Kier alpha value is -3.49. The Kier molecular flexibility index (Phi) is 22.7. The van der Waals surface area contributed by atoms with Gasteiger partial charge in [0.1, 0.15) is 29.1 Å². The monoisotopic (exact) mass is 1020 g/mol.